The molecule has 2 heterocycles. The average Bonchev–Trinajstić information content (AvgIpc) is 2.82. The summed E-state index contributed by atoms with van der Waals surface area (Å²) in [6.45, 7) is 1.03. The van der Waals surface area contributed by atoms with Crippen LogP contribution >= 0.6 is 0 Å². The third-order valence-corrected chi connectivity index (χ3v) is 5.64. The van der Waals surface area contributed by atoms with Crippen molar-refractivity contribution in [2.75, 3.05) is 7.11 Å². The minimum absolute atomic E-state index is 0.00942. The molecule has 13 heteroatoms. The third-order valence-electron chi connectivity index (χ3n) is 5.64. The number of H-pyrrole nitrogens is 1. The number of aromatic amines is 1. The Hall–Kier alpha value is -4.55. The topological polar surface area (TPSA) is 107 Å². The van der Waals surface area contributed by atoms with Crippen LogP contribution in [-0.4, -0.2) is 23.0 Å². The van der Waals surface area contributed by atoms with Crippen molar-refractivity contribution in [3.05, 3.63) is 81.0 Å². The molecule has 0 aliphatic heterocycles. The predicted octanol–water partition coefficient (Wildman–Crippen LogP) is 5.16. The average molecular weight is 537 g/mol. The molecule has 0 bridgehead atoms. The first-order chi connectivity index (χ1) is 17.8. The zero-order chi connectivity index (χ0) is 27.9. The lowest BCUT2D eigenvalue weighted by Gasteiger charge is -2.20. The van der Waals surface area contributed by atoms with Gasteiger partial charge in [-0.2, -0.15) is 17.6 Å². The van der Waals surface area contributed by atoms with Gasteiger partial charge in [0, 0.05) is 17.8 Å². The number of methoxy groups -OCH3 is 1. The van der Waals surface area contributed by atoms with E-state index in [1.54, 1.807) is 0 Å². The first-order valence-electron chi connectivity index (χ1n) is 10.7. The first-order valence-corrected chi connectivity index (χ1v) is 10.7. The number of alkyl halides is 3. The van der Waals surface area contributed by atoms with Gasteiger partial charge in [-0.15, -0.1) is 0 Å². The van der Waals surface area contributed by atoms with Gasteiger partial charge in [0.1, 0.15) is 11.6 Å². The fourth-order valence-electron chi connectivity index (χ4n) is 3.99. The summed E-state index contributed by atoms with van der Waals surface area (Å²) in [4.78, 5) is 31.2. The van der Waals surface area contributed by atoms with Crippen molar-refractivity contribution in [3.63, 3.8) is 0 Å². The molecule has 0 unspecified atom stereocenters. The van der Waals surface area contributed by atoms with Gasteiger partial charge in [-0.25, -0.2) is 8.78 Å². The van der Waals surface area contributed by atoms with Gasteiger partial charge in [0.25, 0.3) is 0 Å². The van der Waals surface area contributed by atoms with Crippen LogP contribution in [-0.2, 0) is 17.4 Å². The van der Waals surface area contributed by atoms with Gasteiger partial charge in [-0.1, -0.05) is 0 Å². The lowest BCUT2D eigenvalue weighted by Crippen LogP contribution is -2.17. The number of aromatic nitrogens is 2. The molecule has 7 nitrogen and oxygen atoms in total. The van der Waals surface area contributed by atoms with E-state index in [0.717, 1.165) is 26.2 Å². The molecular formula is C25H17F6N3O4. The number of nitrogens with zero attached hydrogens (tertiary/aromatic N) is 1. The highest BCUT2D eigenvalue weighted by Crippen LogP contribution is 2.45. The van der Waals surface area contributed by atoms with Gasteiger partial charge in [0.2, 0.25) is 17.5 Å². The van der Waals surface area contributed by atoms with Crippen molar-refractivity contribution in [3.8, 4) is 28.5 Å². The Balaban J connectivity index is 2.01. The Bertz CT molecular complexity index is 1650. The van der Waals surface area contributed by atoms with E-state index in [0.29, 0.717) is 12.1 Å². The van der Waals surface area contributed by atoms with E-state index >= 15 is 0 Å². The van der Waals surface area contributed by atoms with Gasteiger partial charge >= 0.3 is 6.18 Å². The maximum absolute atomic E-state index is 15.0. The second-order valence-corrected chi connectivity index (χ2v) is 8.10. The monoisotopic (exact) mass is 537 g/mol. The molecule has 0 saturated carbocycles. The highest BCUT2D eigenvalue weighted by Gasteiger charge is 2.37. The van der Waals surface area contributed by atoms with Crippen LogP contribution in [0.4, 0.5) is 26.3 Å². The zero-order valence-electron chi connectivity index (χ0n) is 19.6. The van der Waals surface area contributed by atoms with Crippen LogP contribution in [0.5, 0.6) is 17.2 Å². The van der Waals surface area contributed by atoms with E-state index in [1.807, 2.05) is 0 Å². The number of benzene rings is 2. The molecule has 0 spiro atoms. The highest BCUT2D eigenvalue weighted by atomic mass is 19.4. The Labute approximate surface area is 209 Å². The van der Waals surface area contributed by atoms with Crippen LogP contribution in [0.25, 0.3) is 22.2 Å². The van der Waals surface area contributed by atoms with E-state index in [9.17, 15) is 35.9 Å². The first kappa shape index (κ1) is 26.5. The molecule has 0 aliphatic rings. The summed E-state index contributed by atoms with van der Waals surface area (Å²) in [6.07, 6.45) is -4.24. The van der Waals surface area contributed by atoms with Crippen LogP contribution < -0.4 is 20.6 Å². The summed E-state index contributed by atoms with van der Waals surface area (Å²) < 4.78 is 94.2. The van der Waals surface area contributed by atoms with Gasteiger partial charge in [-0.05, 0) is 36.8 Å². The number of nitrogens with one attached hydrogen (secondary N) is 1. The summed E-state index contributed by atoms with van der Waals surface area (Å²) in [6, 6.07) is 4.24. The zero-order valence-corrected chi connectivity index (χ0v) is 19.6. The number of nitrogens with two attached hydrogens (primary N) is 1. The molecule has 0 saturated heterocycles. The van der Waals surface area contributed by atoms with Crippen molar-refractivity contribution in [2.24, 2.45) is 5.73 Å². The second-order valence-electron chi connectivity index (χ2n) is 8.10. The Kier molecular flexibility index (Phi) is 6.78. The predicted molar refractivity (Wildman–Crippen MR) is 123 cm³/mol. The summed E-state index contributed by atoms with van der Waals surface area (Å²) in [5.41, 5.74) is 1.96. The molecule has 198 valence electrons. The van der Waals surface area contributed by atoms with Crippen LogP contribution in [0.3, 0.4) is 0 Å². The molecule has 0 radical (unpaired) electrons. The van der Waals surface area contributed by atoms with E-state index in [1.165, 1.54) is 12.3 Å². The number of carbonyl (C=O) groups excluding carboxylic acids is 1. The Morgan fingerprint density at radius 2 is 1.79 bits per heavy atom. The second kappa shape index (κ2) is 9.72. The quantitative estimate of drug-likeness (QED) is 0.331. The molecule has 0 atom stereocenters. The maximum Gasteiger partial charge on any atom is 0.419 e. The SMILES string of the molecule is COc1c(Oc2cc(C(F)(F)F)c(F)c(C)c2-c2cc(=O)c3c(CC(N)=O)nccc3[nH]2)ccc(F)c1F. The number of halogens is 6. The number of hydrogen-bond donors (Lipinski definition) is 2. The van der Waals surface area contributed by atoms with E-state index < -0.39 is 63.3 Å². The fourth-order valence-corrected chi connectivity index (χ4v) is 3.99. The van der Waals surface area contributed by atoms with Gasteiger partial charge < -0.3 is 20.2 Å². The number of ether oxygens (including phenoxy) is 2. The summed E-state index contributed by atoms with van der Waals surface area (Å²) in [7, 11) is 0.987. The summed E-state index contributed by atoms with van der Waals surface area (Å²) in [5, 5.41) is -0.00942. The number of fused-ring (bicyclic) bond motifs is 1. The lowest BCUT2D eigenvalue weighted by atomic mass is 9.98. The minimum atomic E-state index is -5.14. The summed E-state index contributed by atoms with van der Waals surface area (Å²) in [5.74, 6) is -7.06. The number of amides is 1. The van der Waals surface area contributed by atoms with Crippen molar-refractivity contribution in [1.29, 1.82) is 0 Å². The largest absolute Gasteiger partial charge is 0.490 e. The number of primary amides is 1. The molecule has 38 heavy (non-hydrogen) atoms. The van der Waals surface area contributed by atoms with Crippen molar-refractivity contribution >= 4 is 16.8 Å². The van der Waals surface area contributed by atoms with Gasteiger partial charge in [0.15, 0.2) is 17.0 Å². The standard InChI is InChI=1S/C25H17F6N3O4/c1-10-20(15-8-16(35)21-13(34-15)5-6-33-14(21)9-19(32)36)18(7-11(22(10)27)25(29,30)31)38-17-4-3-12(26)23(28)24(17)37-2/h3-8H,9H2,1-2H3,(H2,32,36)(H,34,35). The highest BCUT2D eigenvalue weighted by molar-refractivity contribution is 5.88. The molecular weight excluding hydrogens is 520 g/mol. The van der Waals surface area contributed by atoms with Crippen LogP contribution in [0.15, 0.2) is 41.3 Å². The molecule has 4 aromatic rings. The van der Waals surface area contributed by atoms with Crippen molar-refractivity contribution in [2.45, 2.75) is 19.5 Å². The number of rotatable bonds is 6. The van der Waals surface area contributed by atoms with Crippen LogP contribution in [0, 0.1) is 24.4 Å². The van der Waals surface area contributed by atoms with Gasteiger partial charge in [0.05, 0.1) is 41.4 Å². The molecule has 0 aliphatic carbocycles. The van der Waals surface area contributed by atoms with Crippen molar-refractivity contribution < 1.29 is 40.6 Å². The molecule has 3 N–H and O–H groups in total. The van der Waals surface area contributed by atoms with E-state index in [4.69, 9.17) is 15.2 Å². The Morgan fingerprint density at radius 1 is 1.08 bits per heavy atom. The van der Waals surface area contributed by atoms with Crippen LogP contribution in [0.1, 0.15) is 16.8 Å². The number of pyridine rings is 2. The molecule has 4 rings (SSSR count). The lowest BCUT2D eigenvalue weighted by molar-refractivity contribution is -0.140. The Morgan fingerprint density at radius 3 is 2.42 bits per heavy atom. The normalized spacial score (nSPS) is 11.6. The van der Waals surface area contributed by atoms with Crippen molar-refractivity contribution in [1.82, 2.24) is 9.97 Å². The third kappa shape index (κ3) is 4.74. The van der Waals surface area contributed by atoms with E-state index in [2.05, 4.69) is 9.97 Å². The molecule has 2 aromatic carbocycles. The van der Waals surface area contributed by atoms with E-state index in [-0.39, 0.29) is 34.3 Å². The number of carbonyl (C=O) groups is 1. The van der Waals surface area contributed by atoms with Gasteiger partial charge in [-0.3, -0.25) is 14.6 Å². The van der Waals surface area contributed by atoms with Crippen LogP contribution in [0.2, 0.25) is 0 Å². The smallest absolute Gasteiger partial charge is 0.419 e. The minimum Gasteiger partial charge on any atom is -0.490 e. The molecule has 0 fully saturated rings. The molecule has 1 amide bonds. The molecule has 2 aromatic heterocycles. The maximum atomic E-state index is 15.0. The number of hydrogen-bond acceptors (Lipinski definition) is 5. The summed E-state index contributed by atoms with van der Waals surface area (Å²) >= 11 is 0. The fraction of sp³-hybridized carbons (Fsp3) is 0.160.